The number of aromatic nitrogens is 1. The Bertz CT molecular complexity index is 882. The first kappa shape index (κ1) is 19.2. The number of aryl methyl sites for hydroxylation is 2. The fourth-order valence-electron chi connectivity index (χ4n) is 2.69. The Kier molecular flexibility index (Phi) is 5.99. The fraction of sp³-hybridized carbons (Fsp3) is 0.143. The lowest BCUT2D eigenvalue weighted by atomic mass is 10.2. The molecular weight excluding hydrogens is 383 g/mol. The van der Waals surface area contributed by atoms with E-state index in [1.54, 1.807) is 18.7 Å². The maximum atomic E-state index is 13.0. The van der Waals surface area contributed by atoms with Gasteiger partial charge in [-0.05, 0) is 38.1 Å². The number of hydrogen-bond acceptors (Lipinski definition) is 3. The topological polar surface area (TPSA) is 42.4 Å². The van der Waals surface area contributed by atoms with E-state index in [0.717, 1.165) is 11.4 Å². The largest absolute Gasteiger partial charge is 0.480 e. The van der Waals surface area contributed by atoms with Gasteiger partial charge in [-0.25, -0.2) is 0 Å². The van der Waals surface area contributed by atoms with Gasteiger partial charge in [0, 0.05) is 11.4 Å². The molecule has 1 aromatic heterocycles. The molecular formula is C21H18Cl2N2O2. The van der Waals surface area contributed by atoms with E-state index in [2.05, 4.69) is 4.98 Å². The highest BCUT2D eigenvalue weighted by Crippen LogP contribution is 2.36. The third kappa shape index (κ3) is 4.24. The van der Waals surface area contributed by atoms with Crippen LogP contribution in [0.15, 0.2) is 60.7 Å². The molecule has 0 spiro atoms. The minimum Gasteiger partial charge on any atom is -0.480 e. The number of rotatable bonds is 5. The number of ether oxygens (including phenoxy) is 1. The van der Waals surface area contributed by atoms with Crippen LogP contribution < -0.4 is 9.64 Å². The molecule has 0 bridgehead atoms. The highest BCUT2D eigenvalue weighted by Gasteiger charge is 2.21. The number of anilines is 2. The summed E-state index contributed by atoms with van der Waals surface area (Å²) in [4.78, 5) is 18.9. The van der Waals surface area contributed by atoms with Crippen molar-refractivity contribution in [3.05, 3.63) is 82.1 Å². The molecule has 0 atom stereocenters. The molecule has 0 radical (unpaired) electrons. The predicted octanol–water partition coefficient (Wildman–Crippen LogP) is 5.75. The third-order valence-electron chi connectivity index (χ3n) is 3.99. The summed E-state index contributed by atoms with van der Waals surface area (Å²) in [7, 11) is 0. The summed E-state index contributed by atoms with van der Waals surface area (Å²) in [5.41, 5.74) is 2.70. The molecule has 0 saturated carbocycles. The van der Waals surface area contributed by atoms with Crippen molar-refractivity contribution in [1.29, 1.82) is 0 Å². The number of halogens is 2. The zero-order chi connectivity index (χ0) is 19.4. The van der Waals surface area contributed by atoms with E-state index in [-0.39, 0.29) is 18.3 Å². The molecule has 0 saturated heterocycles. The third-order valence-corrected chi connectivity index (χ3v) is 4.88. The van der Waals surface area contributed by atoms with Crippen molar-refractivity contribution in [2.75, 3.05) is 11.5 Å². The van der Waals surface area contributed by atoms with Gasteiger partial charge < -0.3 is 4.74 Å². The van der Waals surface area contributed by atoms with E-state index in [9.17, 15) is 4.79 Å². The average Bonchev–Trinajstić information content (AvgIpc) is 2.68. The van der Waals surface area contributed by atoms with Crippen LogP contribution in [0.1, 0.15) is 11.4 Å². The molecule has 0 aliphatic heterocycles. The first-order chi connectivity index (χ1) is 13.0. The van der Waals surface area contributed by atoms with E-state index < -0.39 is 0 Å². The molecule has 3 aromatic rings. The van der Waals surface area contributed by atoms with Crippen LogP contribution >= 0.6 is 23.2 Å². The van der Waals surface area contributed by atoms with Crippen LogP contribution in [0, 0.1) is 13.8 Å². The second kappa shape index (κ2) is 8.42. The van der Waals surface area contributed by atoms with E-state index in [1.165, 1.54) is 0 Å². The Balaban J connectivity index is 1.89. The van der Waals surface area contributed by atoms with Crippen LogP contribution in [0.4, 0.5) is 11.4 Å². The van der Waals surface area contributed by atoms with Gasteiger partial charge in [0.15, 0.2) is 12.4 Å². The fourth-order valence-corrected chi connectivity index (χ4v) is 3.12. The predicted molar refractivity (Wildman–Crippen MR) is 109 cm³/mol. The maximum Gasteiger partial charge on any atom is 0.269 e. The van der Waals surface area contributed by atoms with Gasteiger partial charge in [0.2, 0.25) is 0 Å². The van der Waals surface area contributed by atoms with E-state index in [0.29, 0.717) is 21.4 Å². The number of carbonyl (C=O) groups is 1. The molecule has 0 aliphatic rings. The molecule has 1 amide bonds. The number of benzene rings is 2. The molecule has 2 aromatic carbocycles. The van der Waals surface area contributed by atoms with E-state index in [1.807, 2.05) is 60.7 Å². The second-order valence-corrected chi connectivity index (χ2v) is 6.68. The number of hydrogen-bond donors (Lipinski definition) is 0. The molecule has 27 heavy (non-hydrogen) atoms. The Morgan fingerprint density at radius 1 is 0.889 bits per heavy atom. The highest BCUT2D eigenvalue weighted by molar-refractivity contribution is 6.37. The molecule has 0 aliphatic carbocycles. The molecule has 6 heteroatoms. The summed E-state index contributed by atoms with van der Waals surface area (Å²) in [6, 6.07) is 18.8. The summed E-state index contributed by atoms with van der Waals surface area (Å²) in [5.74, 6) is 0.0319. The molecule has 1 heterocycles. The monoisotopic (exact) mass is 400 g/mol. The van der Waals surface area contributed by atoms with Gasteiger partial charge in [-0.1, -0.05) is 59.6 Å². The quantitative estimate of drug-likeness (QED) is 0.547. The maximum absolute atomic E-state index is 13.0. The Morgan fingerprint density at radius 2 is 1.33 bits per heavy atom. The van der Waals surface area contributed by atoms with Crippen LogP contribution in [-0.2, 0) is 4.79 Å². The van der Waals surface area contributed by atoms with Crippen LogP contribution in [-0.4, -0.2) is 17.5 Å². The smallest absolute Gasteiger partial charge is 0.269 e. The first-order valence-electron chi connectivity index (χ1n) is 8.37. The Morgan fingerprint density at radius 3 is 1.78 bits per heavy atom. The van der Waals surface area contributed by atoms with Crippen LogP contribution in [0.5, 0.6) is 5.75 Å². The summed E-state index contributed by atoms with van der Waals surface area (Å²) in [6.45, 7) is 3.31. The Hall–Kier alpha value is -2.56. The zero-order valence-corrected chi connectivity index (χ0v) is 16.5. The lowest BCUT2D eigenvalue weighted by molar-refractivity contribution is -0.119. The minimum absolute atomic E-state index is 0.216. The average molecular weight is 401 g/mol. The van der Waals surface area contributed by atoms with Gasteiger partial charge >= 0.3 is 0 Å². The van der Waals surface area contributed by atoms with Crippen molar-refractivity contribution in [2.45, 2.75) is 13.8 Å². The summed E-state index contributed by atoms with van der Waals surface area (Å²) >= 11 is 12.5. The van der Waals surface area contributed by atoms with Gasteiger partial charge in [0.1, 0.15) is 10.0 Å². The van der Waals surface area contributed by atoms with Crippen LogP contribution in [0.3, 0.4) is 0 Å². The van der Waals surface area contributed by atoms with Crippen molar-refractivity contribution in [3.63, 3.8) is 0 Å². The minimum atomic E-state index is -0.244. The SMILES string of the molecule is Cc1nc(C)c(Cl)c(OCC(=O)N(c2ccccc2)c2ccccc2)c1Cl. The van der Waals surface area contributed by atoms with Gasteiger partial charge in [0.25, 0.3) is 5.91 Å². The van der Waals surface area contributed by atoms with Gasteiger partial charge in [-0.2, -0.15) is 0 Å². The van der Waals surface area contributed by atoms with Crippen molar-refractivity contribution >= 4 is 40.5 Å². The highest BCUT2D eigenvalue weighted by atomic mass is 35.5. The Labute approximate surface area is 168 Å². The van der Waals surface area contributed by atoms with Crippen molar-refractivity contribution in [2.24, 2.45) is 0 Å². The summed E-state index contributed by atoms with van der Waals surface area (Å²) < 4.78 is 5.72. The van der Waals surface area contributed by atoms with Crippen molar-refractivity contribution in [3.8, 4) is 5.75 Å². The number of carbonyl (C=O) groups excluding carboxylic acids is 1. The molecule has 3 rings (SSSR count). The molecule has 4 nitrogen and oxygen atoms in total. The molecule has 0 unspecified atom stereocenters. The van der Waals surface area contributed by atoms with Gasteiger partial charge in [-0.3, -0.25) is 14.7 Å². The van der Waals surface area contributed by atoms with Gasteiger partial charge in [0.05, 0.1) is 11.4 Å². The standard InChI is InChI=1S/C21H18Cl2N2O2/c1-14-19(22)21(20(23)15(2)24-14)27-13-18(26)25(16-9-5-3-6-10-16)17-11-7-4-8-12-17/h3-12H,13H2,1-2H3. The molecule has 0 N–H and O–H groups in total. The van der Waals surface area contributed by atoms with Crippen molar-refractivity contribution < 1.29 is 9.53 Å². The number of para-hydroxylation sites is 2. The lowest BCUT2D eigenvalue weighted by Crippen LogP contribution is -2.31. The van der Waals surface area contributed by atoms with E-state index in [4.69, 9.17) is 27.9 Å². The van der Waals surface area contributed by atoms with Gasteiger partial charge in [-0.15, -0.1) is 0 Å². The summed E-state index contributed by atoms with van der Waals surface area (Å²) in [6.07, 6.45) is 0. The number of nitrogens with zero attached hydrogens (tertiary/aromatic N) is 2. The van der Waals surface area contributed by atoms with E-state index >= 15 is 0 Å². The molecule has 138 valence electrons. The molecule has 0 fully saturated rings. The van der Waals surface area contributed by atoms with Crippen LogP contribution in [0.25, 0.3) is 0 Å². The first-order valence-corrected chi connectivity index (χ1v) is 9.12. The summed E-state index contributed by atoms with van der Waals surface area (Å²) in [5, 5.41) is 0.619. The lowest BCUT2D eigenvalue weighted by Gasteiger charge is -2.23. The zero-order valence-electron chi connectivity index (χ0n) is 14.9. The normalized spacial score (nSPS) is 10.5. The van der Waals surface area contributed by atoms with Crippen molar-refractivity contribution in [1.82, 2.24) is 4.98 Å². The van der Waals surface area contributed by atoms with Crippen LogP contribution in [0.2, 0.25) is 10.0 Å². The number of amides is 1. The number of pyridine rings is 1. The second-order valence-electron chi connectivity index (χ2n) is 5.93.